The molecule has 0 atom stereocenters. The highest BCUT2D eigenvalue weighted by molar-refractivity contribution is 6.23. The van der Waals surface area contributed by atoms with Gasteiger partial charge in [0.2, 0.25) is 5.95 Å². The summed E-state index contributed by atoms with van der Waals surface area (Å²) in [5, 5.41) is 4.61. The number of hydrogen-bond acceptors (Lipinski definition) is 3. The van der Waals surface area contributed by atoms with Crippen molar-refractivity contribution < 1.29 is 0 Å². The molecule has 0 radical (unpaired) electrons. The minimum absolute atomic E-state index is 0.554. The van der Waals surface area contributed by atoms with Crippen LogP contribution in [0.3, 0.4) is 0 Å². The highest BCUT2D eigenvalue weighted by Crippen LogP contribution is 2.42. The van der Waals surface area contributed by atoms with E-state index < -0.39 is 0 Å². The second kappa shape index (κ2) is 14.7. The van der Waals surface area contributed by atoms with Crippen molar-refractivity contribution in [3.63, 3.8) is 0 Å². The van der Waals surface area contributed by atoms with Gasteiger partial charge in [0.25, 0.3) is 0 Å². The molecule has 0 bridgehead atoms. The van der Waals surface area contributed by atoms with E-state index >= 15 is 0 Å². The average molecular weight is 792 g/mol. The largest absolute Gasteiger partial charge is 0.307 e. The Bertz CT molecular complexity index is 3610. The second-order valence-corrected chi connectivity index (χ2v) is 15.7. The number of aromatic nitrogens is 5. The van der Waals surface area contributed by atoms with Gasteiger partial charge in [0, 0.05) is 38.4 Å². The van der Waals surface area contributed by atoms with Crippen LogP contribution in [0.15, 0.2) is 224 Å². The predicted octanol–water partition coefficient (Wildman–Crippen LogP) is 14.4. The zero-order valence-electron chi connectivity index (χ0n) is 33.6. The topological polar surface area (TPSA) is 48.5 Å². The molecule has 0 fully saturated rings. The molecule has 0 aliphatic rings. The lowest BCUT2D eigenvalue weighted by molar-refractivity contribution is 0.953. The summed E-state index contributed by atoms with van der Waals surface area (Å²) < 4.78 is 4.64. The normalized spacial score (nSPS) is 11.5. The third-order valence-electron chi connectivity index (χ3n) is 12.0. The van der Waals surface area contributed by atoms with Gasteiger partial charge >= 0.3 is 0 Å². The minimum Gasteiger partial charge on any atom is -0.307 e. The average Bonchev–Trinajstić information content (AvgIpc) is 3.88. The van der Waals surface area contributed by atoms with Crippen molar-refractivity contribution in [2.75, 3.05) is 0 Å². The Kier molecular flexibility index (Phi) is 8.42. The highest BCUT2D eigenvalue weighted by Gasteiger charge is 2.23. The SMILES string of the molecule is c1ccc(-c2cccc(-c3ccc(-c4nc(-c5cccc(-c6ccccc6)c5)nc(-n5c6ccccc6c6ccc7c8ccccc8n(-c8ccccc8)c7c65)n4)cc3)c2)cc1. The van der Waals surface area contributed by atoms with Gasteiger partial charge in [-0.2, -0.15) is 9.97 Å². The van der Waals surface area contributed by atoms with Gasteiger partial charge in [0.15, 0.2) is 11.6 Å². The number of rotatable bonds is 7. The van der Waals surface area contributed by atoms with Crippen molar-refractivity contribution in [2.45, 2.75) is 0 Å². The molecule has 0 aliphatic heterocycles. The van der Waals surface area contributed by atoms with E-state index in [2.05, 4.69) is 228 Å². The molecule has 3 aromatic heterocycles. The summed E-state index contributed by atoms with van der Waals surface area (Å²) in [4.78, 5) is 16.1. The number of hydrogen-bond donors (Lipinski definition) is 0. The molecular formula is C57H37N5. The summed E-state index contributed by atoms with van der Waals surface area (Å²) in [6, 6.07) is 79.2. The first-order valence-corrected chi connectivity index (χ1v) is 20.9. The minimum atomic E-state index is 0.554. The first-order valence-electron chi connectivity index (χ1n) is 20.9. The lowest BCUT2D eigenvalue weighted by Crippen LogP contribution is -2.07. The first-order chi connectivity index (χ1) is 30.7. The van der Waals surface area contributed by atoms with Crippen molar-refractivity contribution >= 4 is 43.6 Å². The van der Waals surface area contributed by atoms with Crippen molar-refractivity contribution in [2.24, 2.45) is 0 Å². The van der Waals surface area contributed by atoms with Crippen LogP contribution >= 0.6 is 0 Å². The molecule has 0 saturated carbocycles. The fourth-order valence-corrected chi connectivity index (χ4v) is 9.07. The summed E-state index contributed by atoms with van der Waals surface area (Å²) in [5.41, 5.74) is 14.1. The van der Waals surface area contributed by atoms with Crippen molar-refractivity contribution in [1.29, 1.82) is 0 Å². The number of benzene rings is 9. The van der Waals surface area contributed by atoms with Crippen LogP contribution in [0.5, 0.6) is 0 Å². The summed E-state index contributed by atoms with van der Waals surface area (Å²) in [6.45, 7) is 0. The quantitative estimate of drug-likeness (QED) is 0.162. The van der Waals surface area contributed by atoms with Crippen LogP contribution < -0.4 is 0 Å². The Morgan fingerprint density at radius 1 is 0.258 bits per heavy atom. The molecule has 62 heavy (non-hydrogen) atoms. The number of fused-ring (bicyclic) bond motifs is 7. The van der Waals surface area contributed by atoms with Gasteiger partial charge < -0.3 is 4.57 Å². The molecule has 3 heterocycles. The molecule has 0 saturated heterocycles. The summed E-state index contributed by atoms with van der Waals surface area (Å²) in [6.07, 6.45) is 0. The molecule has 0 aliphatic carbocycles. The first kappa shape index (κ1) is 35.5. The molecule has 9 aromatic carbocycles. The maximum absolute atomic E-state index is 5.40. The lowest BCUT2D eigenvalue weighted by Gasteiger charge is -2.14. The van der Waals surface area contributed by atoms with Crippen LogP contribution in [0.25, 0.3) is 111 Å². The van der Waals surface area contributed by atoms with Crippen molar-refractivity contribution in [3.05, 3.63) is 224 Å². The van der Waals surface area contributed by atoms with E-state index in [0.717, 1.165) is 77.3 Å². The number of nitrogens with zero attached hydrogens (tertiary/aromatic N) is 5. The Labute approximate surface area is 358 Å². The molecule has 12 aromatic rings. The van der Waals surface area contributed by atoms with E-state index in [1.54, 1.807) is 0 Å². The van der Waals surface area contributed by atoms with Gasteiger partial charge in [0.05, 0.1) is 22.1 Å². The molecule has 290 valence electrons. The zero-order valence-corrected chi connectivity index (χ0v) is 33.6. The molecule has 5 nitrogen and oxygen atoms in total. The van der Waals surface area contributed by atoms with Crippen LogP contribution in [0.1, 0.15) is 0 Å². The highest BCUT2D eigenvalue weighted by atomic mass is 15.2. The van der Waals surface area contributed by atoms with Gasteiger partial charge in [-0.15, -0.1) is 0 Å². The molecular weight excluding hydrogens is 755 g/mol. The van der Waals surface area contributed by atoms with Crippen molar-refractivity contribution in [1.82, 2.24) is 24.1 Å². The molecule has 0 amide bonds. The summed E-state index contributed by atoms with van der Waals surface area (Å²) in [7, 11) is 0. The summed E-state index contributed by atoms with van der Waals surface area (Å²) >= 11 is 0. The molecule has 0 spiro atoms. The maximum Gasteiger partial charge on any atom is 0.238 e. The van der Waals surface area contributed by atoms with E-state index in [9.17, 15) is 0 Å². The lowest BCUT2D eigenvalue weighted by atomic mass is 9.98. The van der Waals surface area contributed by atoms with Crippen LogP contribution in [-0.2, 0) is 0 Å². The number of para-hydroxylation sites is 3. The third kappa shape index (κ3) is 5.98. The predicted molar refractivity (Wildman–Crippen MR) is 256 cm³/mol. The molecule has 0 unspecified atom stereocenters. The Morgan fingerprint density at radius 3 is 1.24 bits per heavy atom. The van der Waals surface area contributed by atoms with E-state index in [1.807, 2.05) is 6.07 Å². The standard InChI is InChI=1S/C57H37N5/c1-4-16-38(17-5-1)42-20-14-21-43(36-42)40-30-32-41(33-31-40)55-58-56(45-23-15-22-44(37-45)39-18-6-2-7-19-39)60-57(59-55)62-52-29-13-11-27-48(52)50-35-34-49-47-26-10-12-28-51(47)61(53(49)54(50)62)46-24-8-3-9-25-46/h1-37H. The molecule has 5 heteroatoms. The smallest absolute Gasteiger partial charge is 0.238 e. The van der Waals surface area contributed by atoms with Gasteiger partial charge in [-0.1, -0.05) is 188 Å². The van der Waals surface area contributed by atoms with E-state index in [-0.39, 0.29) is 0 Å². The van der Waals surface area contributed by atoms with Gasteiger partial charge in [0.1, 0.15) is 0 Å². The van der Waals surface area contributed by atoms with E-state index in [4.69, 9.17) is 15.0 Å². The van der Waals surface area contributed by atoms with E-state index in [1.165, 1.54) is 16.5 Å². The van der Waals surface area contributed by atoms with Gasteiger partial charge in [-0.05, 0) is 69.8 Å². The van der Waals surface area contributed by atoms with Crippen LogP contribution in [-0.4, -0.2) is 24.1 Å². The Hall–Kier alpha value is -8.41. The van der Waals surface area contributed by atoms with E-state index in [0.29, 0.717) is 17.6 Å². The summed E-state index contributed by atoms with van der Waals surface area (Å²) in [5.74, 6) is 1.75. The van der Waals surface area contributed by atoms with Crippen LogP contribution in [0.4, 0.5) is 0 Å². The van der Waals surface area contributed by atoms with Gasteiger partial charge in [-0.25, -0.2) is 4.98 Å². The maximum atomic E-state index is 5.40. The van der Waals surface area contributed by atoms with Crippen LogP contribution in [0, 0.1) is 0 Å². The van der Waals surface area contributed by atoms with Gasteiger partial charge in [-0.3, -0.25) is 4.57 Å². The zero-order chi connectivity index (χ0) is 41.0. The Morgan fingerprint density at radius 2 is 0.661 bits per heavy atom. The Balaban J connectivity index is 1.11. The van der Waals surface area contributed by atoms with Crippen molar-refractivity contribution in [3.8, 4) is 67.8 Å². The molecule has 0 N–H and O–H groups in total. The fraction of sp³-hybridized carbons (Fsp3) is 0. The molecule has 12 rings (SSSR count). The third-order valence-corrected chi connectivity index (χ3v) is 12.0. The second-order valence-electron chi connectivity index (χ2n) is 15.7. The fourth-order valence-electron chi connectivity index (χ4n) is 9.07. The van der Waals surface area contributed by atoms with Crippen LogP contribution in [0.2, 0.25) is 0 Å². The monoisotopic (exact) mass is 791 g/mol.